The quantitative estimate of drug-likeness (QED) is 0.765. The van der Waals surface area contributed by atoms with Crippen molar-refractivity contribution in [2.45, 2.75) is 47.0 Å². The van der Waals surface area contributed by atoms with Gasteiger partial charge in [-0.25, -0.2) is 0 Å². The molecule has 130 valence electrons. The Bertz CT molecular complexity index is 918. The predicted octanol–water partition coefficient (Wildman–Crippen LogP) is 3.96. The number of aromatic nitrogens is 3. The first kappa shape index (κ1) is 17.1. The van der Waals surface area contributed by atoms with Crippen LogP contribution in [0.4, 0.5) is 0 Å². The van der Waals surface area contributed by atoms with Gasteiger partial charge in [0.05, 0.1) is 0 Å². The van der Waals surface area contributed by atoms with Crippen molar-refractivity contribution in [2.24, 2.45) is 0 Å². The third kappa shape index (κ3) is 3.40. The minimum atomic E-state index is 0.139. The third-order valence-electron chi connectivity index (χ3n) is 4.48. The van der Waals surface area contributed by atoms with E-state index in [1.165, 1.54) is 4.80 Å². The topological polar surface area (TPSA) is 68.0 Å². The van der Waals surface area contributed by atoms with E-state index in [2.05, 4.69) is 10.2 Å². The molecule has 3 aromatic rings. The Hall–Kier alpha value is -2.69. The number of fused-ring (bicyclic) bond motifs is 1. The number of aryl methyl sites for hydroxylation is 3. The maximum Gasteiger partial charge on any atom is 0.146 e. The Kier molecular flexibility index (Phi) is 4.57. The van der Waals surface area contributed by atoms with E-state index in [0.717, 1.165) is 34.1 Å². The fourth-order valence-electron chi connectivity index (χ4n) is 2.96. The number of ketones is 1. The molecule has 0 bridgehead atoms. The van der Waals surface area contributed by atoms with Gasteiger partial charge in [0.2, 0.25) is 0 Å². The first-order valence-electron chi connectivity index (χ1n) is 8.58. The zero-order valence-electron chi connectivity index (χ0n) is 15.1. The summed E-state index contributed by atoms with van der Waals surface area (Å²) in [5.41, 5.74) is 5.96. The second-order valence-corrected chi connectivity index (χ2v) is 6.66. The Labute approximate surface area is 147 Å². The molecule has 25 heavy (non-hydrogen) atoms. The summed E-state index contributed by atoms with van der Waals surface area (Å²) in [6.45, 7) is 7.89. The lowest BCUT2D eigenvalue weighted by molar-refractivity contribution is -0.118. The summed E-state index contributed by atoms with van der Waals surface area (Å²) < 4.78 is 0. The molecule has 5 heteroatoms. The van der Waals surface area contributed by atoms with Gasteiger partial charge in [0.15, 0.2) is 0 Å². The van der Waals surface area contributed by atoms with E-state index < -0.39 is 0 Å². The van der Waals surface area contributed by atoms with Crippen LogP contribution in [0.5, 0.6) is 5.75 Å². The highest BCUT2D eigenvalue weighted by molar-refractivity contribution is 5.81. The molecule has 0 aliphatic heterocycles. The van der Waals surface area contributed by atoms with E-state index in [1.807, 2.05) is 45.9 Å². The van der Waals surface area contributed by atoms with Gasteiger partial charge in [-0.3, -0.25) is 4.79 Å². The van der Waals surface area contributed by atoms with Crippen molar-refractivity contribution in [1.29, 1.82) is 0 Å². The number of hydrogen-bond acceptors (Lipinski definition) is 4. The van der Waals surface area contributed by atoms with Crippen molar-refractivity contribution in [1.82, 2.24) is 15.0 Å². The highest BCUT2D eigenvalue weighted by atomic mass is 16.3. The zero-order chi connectivity index (χ0) is 18.1. The van der Waals surface area contributed by atoms with Crippen LogP contribution in [0, 0.1) is 20.8 Å². The van der Waals surface area contributed by atoms with Gasteiger partial charge in [0.25, 0.3) is 0 Å². The average molecular weight is 337 g/mol. The van der Waals surface area contributed by atoms with Crippen LogP contribution in [0.15, 0.2) is 24.3 Å². The highest BCUT2D eigenvalue weighted by Gasteiger charge is 2.14. The van der Waals surface area contributed by atoms with Crippen LogP contribution in [0.25, 0.3) is 16.7 Å². The Balaban J connectivity index is 2.06. The normalized spacial score (nSPS) is 11.2. The Morgan fingerprint density at radius 2 is 1.60 bits per heavy atom. The van der Waals surface area contributed by atoms with Crippen LogP contribution in [-0.4, -0.2) is 25.9 Å². The van der Waals surface area contributed by atoms with E-state index in [9.17, 15) is 9.90 Å². The lowest BCUT2D eigenvalue weighted by atomic mass is 10.0. The van der Waals surface area contributed by atoms with Crippen molar-refractivity contribution >= 4 is 16.8 Å². The summed E-state index contributed by atoms with van der Waals surface area (Å²) in [6.07, 6.45) is 1.77. The summed E-state index contributed by atoms with van der Waals surface area (Å²) in [5, 5.41) is 19.5. The molecule has 2 aromatic carbocycles. The lowest BCUT2D eigenvalue weighted by Crippen LogP contribution is -2.05. The van der Waals surface area contributed by atoms with Crippen molar-refractivity contribution in [3.63, 3.8) is 0 Å². The monoisotopic (exact) mass is 337 g/mol. The summed E-state index contributed by atoms with van der Waals surface area (Å²) in [5.74, 6) is 0.337. The van der Waals surface area contributed by atoms with Gasteiger partial charge < -0.3 is 5.11 Å². The van der Waals surface area contributed by atoms with E-state index in [4.69, 9.17) is 0 Å². The summed E-state index contributed by atoms with van der Waals surface area (Å²) in [6, 6.07) is 7.64. The molecule has 0 amide bonds. The number of phenols is 1. The molecule has 0 saturated heterocycles. The second-order valence-electron chi connectivity index (χ2n) is 6.66. The van der Waals surface area contributed by atoms with Crippen molar-refractivity contribution in [3.8, 4) is 11.4 Å². The zero-order valence-corrected chi connectivity index (χ0v) is 15.1. The fourth-order valence-corrected chi connectivity index (χ4v) is 2.96. The molecule has 0 saturated carbocycles. The van der Waals surface area contributed by atoms with Crippen molar-refractivity contribution in [3.05, 3.63) is 46.5 Å². The first-order chi connectivity index (χ1) is 11.9. The first-order valence-corrected chi connectivity index (χ1v) is 8.58. The van der Waals surface area contributed by atoms with Crippen molar-refractivity contribution in [2.75, 3.05) is 0 Å². The molecule has 0 aliphatic carbocycles. The largest absolute Gasteiger partial charge is 0.505 e. The summed E-state index contributed by atoms with van der Waals surface area (Å²) in [7, 11) is 0. The van der Waals surface area contributed by atoms with Crippen molar-refractivity contribution < 1.29 is 9.90 Å². The molecule has 0 fully saturated rings. The van der Waals surface area contributed by atoms with E-state index in [-0.39, 0.29) is 11.5 Å². The highest BCUT2D eigenvalue weighted by Crippen LogP contribution is 2.28. The molecule has 1 N–H and O–H groups in total. The molecule has 3 rings (SSSR count). The molecule has 0 unspecified atom stereocenters. The molecule has 0 aliphatic rings. The standard InChI is InChI=1S/C20H23N3O2/c1-5-6-16(24)10-15-7-14(4)20(25)19(11-15)23-21-17-8-12(2)13(3)9-18(17)22-23/h7-9,11,25H,5-6,10H2,1-4H3. The molecule has 0 spiro atoms. The molecular formula is C20H23N3O2. The van der Waals surface area contributed by atoms with Gasteiger partial charge in [-0.15, -0.1) is 15.0 Å². The average Bonchev–Trinajstić information content (AvgIpc) is 2.94. The van der Waals surface area contributed by atoms with Gasteiger partial charge in [0, 0.05) is 12.8 Å². The minimum absolute atomic E-state index is 0.139. The molecule has 1 aromatic heterocycles. The number of rotatable bonds is 5. The van der Waals surface area contributed by atoms with Crippen LogP contribution in [0.2, 0.25) is 0 Å². The number of carbonyl (C=O) groups is 1. The summed E-state index contributed by atoms with van der Waals surface area (Å²) >= 11 is 0. The molecule has 5 nitrogen and oxygen atoms in total. The molecule has 0 atom stereocenters. The number of hydrogen-bond donors (Lipinski definition) is 1. The van der Waals surface area contributed by atoms with E-state index in [0.29, 0.717) is 24.1 Å². The number of aromatic hydroxyl groups is 1. The number of phenolic OH excluding ortho intramolecular Hbond substituents is 1. The fraction of sp³-hybridized carbons (Fsp3) is 0.350. The van der Waals surface area contributed by atoms with Gasteiger partial charge in [-0.05, 0) is 67.6 Å². The summed E-state index contributed by atoms with van der Waals surface area (Å²) in [4.78, 5) is 13.4. The Morgan fingerprint density at radius 1 is 1.00 bits per heavy atom. The maximum absolute atomic E-state index is 12.0. The SMILES string of the molecule is CCCC(=O)Cc1cc(C)c(O)c(-n2nc3cc(C)c(C)cc3n2)c1. The third-order valence-corrected chi connectivity index (χ3v) is 4.48. The number of carbonyl (C=O) groups excluding carboxylic acids is 1. The molecule has 0 radical (unpaired) electrons. The van der Waals surface area contributed by atoms with Crippen LogP contribution in [0.1, 0.15) is 42.0 Å². The minimum Gasteiger partial charge on any atom is -0.505 e. The number of benzene rings is 2. The van der Waals surface area contributed by atoms with E-state index >= 15 is 0 Å². The van der Waals surface area contributed by atoms with Gasteiger partial charge in [-0.1, -0.05) is 13.0 Å². The number of nitrogens with zero attached hydrogens (tertiary/aromatic N) is 3. The van der Waals surface area contributed by atoms with Crippen LogP contribution in [0.3, 0.4) is 0 Å². The van der Waals surface area contributed by atoms with Crippen LogP contribution >= 0.6 is 0 Å². The predicted molar refractivity (Wildman–Crippen MR) is 98.4 cm³/mol. The molecular weight excluding hydrogens is 314 g/mol. The lowest BCUT2D eigenvalue weighted by Gasteiger charge is -2.09. The number of Topliss-reactive ketones (excluding diaryl/α,β-unsaturated/α-hetero) is 1. The van der Waals surface area contributed by atoms with E-state index in [1.54, 1.807) is 6.07 Å². The maximum atomic E-state index is 12.0. The van der Waals surface area contributed by atoms with Gasteiger partial charge in [-0.2, -0.15) is 0 Å². The van der Waals surface area contributed by atoms with Crippen LogP contribution in [-0.2, 0) is 11.2 Å². The smallest absolute Gasteiger partial charge is 0.146 e. The van der Waals surface area contributed by atoms with Crippen LogP contribution < -0.4 is 0 Å². The second kappa shape index (κ2) is 6.67. The van der Waals surface area contributed by atoms with Gasteiger partial charge >= 0.3 is 0 Å². The molecule has 1 heterocycles. The Morgan fingerprint density at radius 3 is 2.16 bits per heavy atom. The van der Waals surface area contributed by atoms with Gasteiger partial charge in [0.1, 0.15) is 28.3 Å².